The molecule has 9 nitrogen and oxygen atoms in total. The number of nitrogens with zero attached hydrogens (tertiary/aromatic N) is 4. The Kier molecular flexibility index (Phi) is 4.48. The molecular formula is C14H19N5O4. The van der Waals surface area contributed by atoms with Crippen molar-refractivity contribution in [2.24, 2.45) is 5.92 Å². The maximum absolute atomic E-state index is 12.3. The molecule has 2 heterocycles. The Labute approximate surface area is 132 Å². The molecule has 1 amide bonds. The third-order valence-corrected chi connectivity index (χ3v) is 3.70. The second kappa shape index (κ2) is 6.19. The van der Waals surface area contributed by atoms with Gasteiger partial charge in [-0.1, -0.05) is 12.1 Å². The van der Waals surface area contributed by atoms with Crippen LogP contribution in [0.2, 0.25) is 0 Å². The van der Waals surface area contributed by atoms with Gasteiger partial charge < -0.3 is 9.84 Å². The summed E-state index contributed by atoms with van der Waals surface area (Å²) in [5.41, 5.74) is 1.92. The Hall–Kier alpha value is -2.71. The van der Waals surface area contributed by atoms with Crippen LogP contribution in [0.3, 0.4) is 0 Å². The Bertz CT molecular complexity index is 742. The lowest BCUT2D eigenvalue weighted by molar-refractivity contribution is -0.386. The molecule has 0 radical (unpaired) electrons. The number of nitrogens with one attached hydrogen (secondary N) is 1. The van der Waals surface area contributed by atoms with Crippen LogP contribution in [-0.2, 0) is 11.3 Å². The highest BCUT2D eigenvalue weighted by Gasteiger charge is 2.24. The molecule has 0 aliphatic carbocycles. The summed E-state index contributed by atoms with van der Waals surface area (Å²) in [6.07, 6.45) is 0. The highest BCUT2D eigenvalue weighted by Crippen LogP contribution is 2.23. The van der Waals surface area contributed by atoms with Gasteiger partial charge in [-0.2, -0.15) is 5.10 Å². The van der Waals surface area contributed by atoms with E-state index in [1.54, 1.807) is 34.6 Å². The molecule has 0 saturated heterocycles. The van der Waals surface area contributed by atoms with Crippen molar-refractivity contribution in [3.63, 3.8) is 0 Å². The van der Waals surface area contributed by atoms with Crippen molar-refractivity contribution in [3.8, 4) is 0 Å². The molecule has 0 aliphatic heterocycles. The van der Waals surface area contributed by atoms with Crippen LogP contribution in [0.4, 0.5) is 11.4 Å². The lowest BCUT2D eigenvalue weighted by Gasteiger charge is -2.12. The van der Waals surface area contributed by atoms with Crippen LogP contribution in [-0.4, -0.2) is 25.8 Å². The number of aromatic nitrogens is 3. The topological polar surface area (TPSA) is 116 Å². The first-order chi connectivity index (χ1) is 10.7. The molecule has 9 heteroatoms. The summed E-state index contributed by atoms with van der Waals surface area (Å²) in [7, 11) is 0. The van der Waals surface area contributed by atoms with E-state index < -0.39 is 10.8 Å². The summed E-state index contributed by atoms with van der Waals surface area (Å²) in [6, 6.07) is 0. The first-order valence-electron chi connectivity index (χ1n) is 7.14. The number of rotatable bonds is 5. The fraction of sp³-hybridized carbons (Fsp3) is 0.500. The first-order valence-corrected chi connectivity index (χ1v) is 7.14. The Balaban J connectivity index is 2.13. The van der Waals surface area contributed by atoms with Crippen LogP contribution < -0.4 is 5.32 Å². The predicted molar refractivity (Wildman–Crippen MR) is 82.1 cm³/mol. The fourth-order valence-corrected chi connectivity index (χ4v) is 2.38. The van der Waals surface area contributed by atoms with Gasteiger partial charge in [0.2, 0.25) is 5.91 Å². The number of carbonyl (C=O) groups is 1. The van der Waals surface area contributed by atoms with Gasteiger partial charge in [0.05, 0.1) is 17.4 Å². The minimum atomic E-state index is -0.456. The number of aryl methyl sites for hydroxylation is 3. The zero-order valence-electron chi connectivity index (χ0n) is 13.7. The van der Waals surface area contributed by atoms with Crippen LogP contribution in [0.15, 0.2) is 4.52 Å². The number of amides is 1. The van der Waals surface area contributed by atoms with Gasteiger partial charge in [0, 0.05) is 0 Å². The van der Waals surface area contributed by atoms with Crippen molar-refractivity contribution < 1.29 is 14.2 Å². The molecule has 0 aliphatic rings. The summed E-state index contributed by atoms with van der Waals surface area (Å²) < 4.78 is 6.49. The van der Waals surface area contributed by atoms with Gasteiger partial charge in [0.25, 0.3) is 0 Å². The molecule has 1 atom stereocenters. The van der Waals surface area contributed by atoms with E-state index in [0.29, 0.717) is 28.5 Å². The fourth-order valence-electron chi connectivity index (χ4n) is 2.38. The van der Waals surface area contributed by atoms with Gasteiger partial charge in [-0.15, -0.1) is 0 Å². The lowest BCUT2D eigenvalue weighted by atomic mass is 10.1. The third kappa shape index (κ3) is 3.22. The van der Waals surface area contributed by atoms with E-state index in [2.05, 4.69) is 15.6 Å². The zero-order chi connectivity index (χ0) is 17.3. The van der Waals surface area contributed by atoms with E-state index >= 15 is 0 Å². The molecule has 0 bridgehead atoms. The highest BCUT2D eigenvalue weighted by atomic mass is 16.6. The SMILES string of the molecule is Cc1noc(C)c1NC(=O)C(C)Cn1nc(C)c([N+](=O)[O-])c1C. The Morgan fingerprint density at radius 1 is 1.35 bits per heavy atom. The molecule has 0 saturated carbocycles. The van der Waals surface area contributed by atoms with Crippen LogP contribution in [0, 0.1) is 43.7 Å². The van der Waals surface area contributed by atoms with Crippen LogP contribution in [0.5, 0.6) is 0 Å². The summed E-state index contributed by atoms with van der Waals surface area (Å²) in [5.74, 6) is -0.124. The largest absolute Gasteiger partial charge is 0.359 e. The average Bonchev–Trinajstić information content (AvgIpc) is 2.92. The Morgan fingerprint density at radius 3 is 2.48 bits per heavy atom. The number of anilines is 1. The van der Waals surface area contributed by atoms with E-state index in [-0.39, 0.29) is 18.1 Å². The van der Waals surface area contributed by atoms with Gasteiger partial charge in [-0.3, -0.25) is 19.6 Å². The van der Waals surface area contributed by atoms with E-state index in [4.69, 9.17) is 4.52 Å². The van der Waals surface area contributed by atoms with Crippen molar-refractivity contribution in [2.75, 3.05) is 5.32 Å². The lowest BCUT2D eigenvalue weighted by Crippen LogP contribution is -2.25. The van der Waals surface area contributed by atoms with Crippen molar-refractivity contribution in [3.05, 3.63) is 33.0 Å². The molecule has 1 unspecified atom stereocenters. The molecular weight excluding hydrogens is 302 g/mol. The van der Waals surface area contributed by atoms with Gasteiger partial charge in [-0.25, -0.2) is 0 Å². The van der Waals surface area contributed by atoms with Gasteiger partial charge in [-0.05, 0) is 27.7 Å². The molecule has 0 spiro atoms. The first kappa shape index (κ1) is 16.7. The second-order valence-corrected chi connectivity index (χ2v) is 5.55. The number of carbonyl (C=O) groups excluding carboxylic acids is 1. The maximum Gasteiger partial charge on any atom is 0.312 e. The van der Waals surface area contributed by atoms with E-state index in [0.717, 1.165) is 0 Å². The van der Waals surface area contributed by atoms with E-state index in [1.807, 2.05) is 0 Å². The molecule has 2 rings (SSSR count). The monoisotopic (exact) mass is 321 g/mol. The van der Waals surface area contributed by atoms with Crippen molar-refractivity contribution in [1.82, 2.24) is 14.9 Å². The molecule has 1 N–H and O–H groups in total. The molecule has 124 valence electrons. The standard InChI is InChI=1S/C14H19N5O4/c1-7(14(20)15-12-8(2)17-23-11(12)5)6-18-10(4)13(19(21)22)9(3)16-18/h7H,6H2,1-5H3,(H,15,20). The molecule has 23 heavy (non-hydrogen) atoms. The van der Waals surface area contributed by atoms with Crippen molar-refractivity contribution >= 4 is 17.3 Å². The Morgan fingerprint density at radius 2 is 2.00 bits per heavy atom. The van der Waals surface area contributed by atoms with Gasteiger partial charge >= 0.3 is 5.69 Å². The summed E-state index contributed by atoms with van der Waals surface area (Å²) >= 11 is 0. The van der Waals surface area contributed by atoms with E-state index in [9.17, 15) is 14.9 Å². The maximum atomic E-state index is 12.3. The molecule has 2 aromatic rings. The zero-order valence-corrected chi connectivity index (χ0v) is 13.7. The number of hydrogen-bond donors (Lipinski definition) is 1. The molecule has 0 fully saturated rings. The minimum absolute atomic E-state index is 0.0108. The van der Waals surface area contributed by atoms with Crippen molar-refractivity contribution in [1.29, 1.82) is 0 Å². The quantitative estimate of drug-likeness (QED) is 0.667. The predicted octanol–water partition coefficient (Wildman–Crippen LogP) is 2.29. The number of hydrogen-bond acceptors (Lipinski definition) is 6. The number of nitro groups is 1. The van der Waals surface area contributed by atoms with Crippen LogP contribution >= 0.6 is 0 Å². The summed E-state index contributed by atoms with van der Waals surface area (Å²) in [6.45, 7) is 8.63. The third-order valence-electron chi connectivity index (χ3n) is 3.70. The van der Waals surface area contributed by atoms with Gasteiger partial charge in [0.15, 0.2) is 5.76 Å². The molecule has 0 aromatic carbocycles. The highest BCUT2D eigenvalue weighted by molar-refractivity contribution is 5.93. The minimum Gasteiger partial charge on any atom is -0.359 e. The molecule has 2 aromatic heterocycles. The smallest absolute Gasteiger partial charge is 0.312 e. The van der Waals surface area contributed by atoms with Crippen LogP contribution in [0.1, 0.15) is 29.8 Å². The average molecular weight is 321 g/mol. The van der Waals surface area contributed by atoms with Gasteiger partial charge in [0.1, 0.15) is 22.8 Å². The summed E-state index contributed by atoms with van der Waals surface area (Å²) in [5, 5.41) is 21.7. The second-order valence-electron chi connectivity index (χ2n) is 5.55. The van der Waals surface area contributed by atoms with Crippen molar-refractivity contribution in [2.45, 2.75) is 41.2 Å². The summed E-state index contributed by atoms with van der Waals surface area (Å²) in [4.78, 5) is 22.9. The normalized spacial score (nSPS) is 12.2. The van der Waals surface area contributed by atoms with E-state index in [1.165, 1.54) is 4.68 Å². The van der Waals surface area contributed by atoms with Crippen LogP contribution in [0.25, 0.3) is 0 Å².